The van der Waals surface area contributed by atoms with E-state index in [1.54, 1.807) is 0 Å². The third-order valence-corrected chi connectivity index (χ3v) is 6.91. The zero-order chi connectivity index (χ0) is 16.5. The van der Waals surface area contributed by atoms with Gasteiger partial charge in [0.25, 0.3) is 0 Å². The molecule has 1 fully saturated rings. The third-order valence-electron chi connectivity index (χ3n) is 3.96. The van der Waals surface area contributed by atoms with Crippen molar-refractivity contribution < 1.29 is 4.52 Å². The molecule has 0 saturated carbocycles. The number of para-hydroxylation sites is 1. The van der Waals surface area contributed by atoms with Gasteiger partial charge < -0.3 is 4.52 Å². The third kappa shape index (κ3) is 4.01. The maximum absolute atomic E-state index is 6.52. The van der Waals surface area contributed by atoms with Crippen LogP contribution in [0.2, 0.25) is 0 Å². The lowest BCUT2D eigenvalue weighted by molar-refractivity contribution is 0.109. The highest BCUT2D eigenvalue weighted by atomic mass is 31.2. The fourth-order valence-electron chi connectivity index (χ4n) is 2.98. The van der Waals surface area contributed by atoms with Crippen LogP contribution in [0.1, 0.15) is 54.9 Å². The zero-order valence-electron chi connectivity index (χ0n) is 15.1. The van der Waals surface area contributed by atoms with Crippen molar-refractivity contribution >= 4 is 8.45 Å². The summed E-state index contributed by atoms with van der Waals surface area (Å²) in [7, 11) is -0.824. The number of rotatable bonds is 2. The summed E-state index contributed by atoms with van der Waals surface area (Å²) >= 11 is 0. The standard InChI is InChI=1S/C18H31N2OP/c1-15-13-14-19(17(2,3)4)22(20(15)18(5,6)7)21-16-11-9-8-10-12-16/h8-12,15H,13-14H2,1-7H3. The Labute approximate surface area is 137 Å². The maximum atomic E-state index is 6.52. The van der Waals surface area contributed by atoms with Gasteiger partial charge in [-0.25, -0.2) is 9.34 Å². The molecule has 1 aliphatic heterocycles. The highest BCUT2D eigenvalue weighted by Gasteiger charge is 2.46. The van der Waals surface area contributed by atoms with Crippen LogP contribution in [-0.2, 0) is 0 Å². The Balaban J connectivity index is 2.36. The molecule has 2 atom stereocenters. The van der Waals surface area contributed by atoms with Crippen LogP contribution in [0.4, 0.5) is 0 Å². The van der Waals surface area contributed by atoms with Crippen molar-refractivity contribution in [3.63, 3.8) is 0 Å². The molecule has 0 N–H and O–H groups in total. The average Bonchev–Trinajstić information content (AvgIpc) is 2.36. The van der Waals surface area contributed by atoms with Crippen LogP contribution in [0, 0.1) is 0 Å². The summed E-state index contributed by atoms with van der Waals surface area (Å²) in [6, 6.07) is 10.8. The molecule has 1 aliphatic rings. The molecule has 124 valence electrons. The largest absolute Gasteiger partial charge is 0.444 e. The van der Waals surface area contributed by atoms with Gasteiger partial charge in [-0.3, -0.25) is 0 Å². The number of hydrogen-bond donors (Lipinski definition) is 0. The van der Waals surface area contributed by atoms with E-state index in [1.165, 1.54) is 6.42 Å². The fraction of sp³-hybridized carbons (Fsp3) is 0.667. The van der Waals surface area contributed by atoms with E-state index in [-0.39, 0.29) is 11.1 Å². The highest BCUT2D eigenvalue weighted by Crippen LogP contribution is 2.56. The minimum atomic E-state index is -0.824. The molecule has 1 heterocycles. The first-order valence-corrected chi connectivity index (χ1v) is 9.37. The van der Waals surface area contributed by atoms with Crippen LogP contribution in [0.3, 0.4) is 0 Å². The van der Waals surface area contributed by atoms with Gasteiger partial charge >= 0.3 is 0 Å². The van der Waals surface area contributed by atoms with Gasteiger partial charge in [0.15, 0.2) is 0 Å². The second-order valence-electron chi connectivity index (χ2n) is 8.10. The van der Waals surface area contributed by atoms with Crippen molar-refractivity contribution in [2.75, 3.05) is 6.54 Å². The van der Waals surface area contributed by atoms with Gasteiger partial charge in [-0.15, -0.1) is 0 Å². The lowest BCUT2D eigenvalue weighted by atomic mass is 10.0. The summed E-state index contributed by atoms with van der Waals surface area (Å²) in [5.74, 6) is 0.964. The Morgan fingerprint density at radius 1 is 1.00 bits per heavy atom. The summed E-state index contributed by atoms with van der Waals surface area (Å²) in [6.45, 7) is 17.2. The minimum Gasteiger partial charge on any atom is -0.444 e. The van der Waals surface area contributed by atoms with E-state index in [2.05, 4.69) is 69.9 Å². The summed E-state index contributed by atoms with van der Waals surface area (Å²) < 4.78 is 11.6. The maximum Gasteiger partial charge on any atom is 0.249 e. The second-order valence-corrected chi connectivity index (χ2v) is 9.71. The van der Waals surface area contributed by atoms with Crippen LogP contribution < -0.4 is 4.52 Å². The number of benzene rings is 1. The topological polar surface area (TPSA) is 15.7 Å². The molecule has 2 unspecified atom stereocenters. The Bertz CT molecular complexity index is 478. The molecule has 0 spiro atoms. The van der Waals surface area contributed by atoms with Gasteiger partial charge in [0.1, 0.15) is 5.75 Å². The monoisotopic (exact) mass is 322 g/mol. The second kappa shape index (κ2) is 6.47. The minimum absolute atomic E-state index is 0.0871. The molecule has 0 radical (unpaired) electrons. The summed E-state index contributed by atoms with van der Waals surface area (Å²) in [5, 5.41) is 0. The molecular formula is C18H31N2OP. The normalized spacial score (nSPS) is 25.2. The quantitative estimate of drug-likeness (QED) is 0.688. The van der Waals surface area contributed by atoms with Crippen LogP contribution >= 0.6 is 8.45 Å². The average molecular weight is 322 g/mol. The van der Waals surface area contributed by atoms with E-state index in [1.807, 2.05) is 18.2 Å². The predicted octanol–water partition coefficient (Wildman–Crippen LogP) is 5.29. The van der Waals surface area contributed by atoms with Crippen molar-refractivity contribution in [1.82, 2.24) is 9.34 Å². The van der Waals surface area contributed by atoms with Crippen LogP contribution in [-0.4, -0.2) is 33.0 Å². The highest BCUT2D eigenvalue weighted by molar-refractivity contribution is 7.48. The molecule has 0 amide bonds. The lowest BCUT2D eigenvalue weighted by Gasteiger charge is -2.54. The predicted molar refractivity (Wildman–Crippen MR) is 96.1 cm³/mol. The fourth-order valence-corrected chi connectivity index (χ4v) is 5.48. The van der Waals surface area contributed by atoms with Gasteiger partial charge in [0.2, 0.25) is 8.45 Å². The Hall–Kier alpha value is -0.630. The van der Waals surface area contributed by atoms with E-state index in [4.69, 9.17) is 4.52 Å². The molecule has 0 aromatic heterocycles. The van der Waals surface area contributed by atoms with E-state index >= 15 is 0 Å². The smallest absolute Gasteiger partial charge is 0.249 e. The Morgan fingerprint density at radius 2 is 1.59 bits per heavy atom. The molecule has 22 heavy (non-hydrogen) atoms. The lowest BCUT2D eigenvalue weighted by Crippen LogP contribution is -2.55. The summed E-state index contributed by atoms with van der Waals surface area (Å²) in [6.07, 6.45) is 1.19. The molecule has 1 saturated heterocycles. The summed E-state index contributed by atoms with van der Waals surface area (Å²) in [4.78, 5) is 0. The Morgan fingerprint density at radius 3 is 2.09 bits per heavy atom. The van der Waals surface area contributed by atoms with Crippen molar-refractivity contribution in [3.05, 3.63) is 30.3 Å². The Kier molecular flexibility index (Phi) is 5.21. The zero-order valence-corrected chi connectivity index (χ0v) is 16.0. The first-order valence-electron chi connectivity index (χ1n) is 8.20. The van der Waals surface area contributed by atoms with E-state index in [0.29, 0.717) is 6.04 Å². The van der Waals surface area contributed by atoms with Gasteiger partial charge in [-0.1, -0.05) is 18.2 Å². The molecule has 1 aromatic carbocycles. The SMILES string of the molecule is CC1CCN(C(C)(C)C)P(Oc2ccccc2)N1C(C)(C)C. The molecule has 0 aliphatic carbocycles. The van der Waals surface area contributed by atoms with Gasteiger partial charge in [-0.05, 0) is 67.0 Å². The number of hydrogen-bond acceptors (Lipinski definition) is 3. The van der Waals surface area contributed by atoms with Crippen molar-refractivity contribution in [3.8, 4) is 5.75 Å². The molecular weight excluding hydrogens is 291 g/mol. The summed E-state index contributed by atoms with van der Waals surface area (Å²) in [5.41, 5.74) is 0.188. The molecule has 4 heteroatoms. The van der Waals surface area contributed by atoms with Crippen molar-refractivity contribution in [1.29, 1.82) is 0 Å². The van der Waals surface area contributed by atoms with Crippen LogP contribution in [0.5, 0.6) is 5.75 Å². The van der Waals surface area contributed by atoms with Crippen LogP contribution in [0.15, 0.2) is 30.3 Å². The van der Waals surface area contributed by atoms with E-state index in [0.717, 1.165) is 12.3 Å². The molecule has 0 bridgehead atoms. The van der Waals surface area contributed by atoms with Gasteiger partial charge in [0, 0.05) is 23.7 Å². The van der Waals surface area contributed by atoms with Crippen LogP contribution in [0.25, 0.3) is 0 Å². The molecule has 3 nitrogen and oxygen atoms in total. The van der Waals surface area contributed by atoms with Crippen molar-refractivity contribution in [2.45, 2.75) is 72.0 Å². The van der Waals surface area contributed by atoms with E-state index in [9.17, 15) is 0 Å². The molecule has 2 rings (SSSR count). The first-order chi connectivity index (χ1) is 10.1. The van der Waals surface area contributed by atoms with Crippen molar-refractivity contribution in [2.24, 2.45) is 0 Å². The van der Waals surface area contributed by atoms with Gasteiger partial charge in [0.05, 0.1) is 0 Å². The van der Waals surface area contributed by atoms with Gasteiger partial charge in [-0.2, -0.15) is 0 Å². The molecule has 1 aromatic rings. The number of nitrogens with zero attached hydrogens (tertiary/aromatic N) is 2. The van der Waals surface area contributed by atoms with E-state index < -0.39 is 8.45 Å². The first kappa shape index (κ1) is 17.7.